The van der Waals surface area contributed by atoms with E-state index in [4.69, 9.17) is 18.9 Å². The summed E-state index contributed by atoms with van der Waals surface area (Å²) in [6.07, 6.45) is -0.822. The molecule has 8 heteroatoms. The van der Waals surface area contributed by atoms with Gasteiger partial charge in [0.05, 0.1) is 11.6 Å². The fourth-order valence-electron chi connectivity index (χ4n) is 3.45. The Balaban J connectivity index is 0.00000306. The van der Waals surface area contributed by atoms with Crippen LogP contribution in [0.3, 0.4) is 0 Å². The van der Waals surface area contributed by atoms with Crippen LogP contribution in [0, 0.1) is 6.92 Å². The highest BCUT2D eigenvalue weighted by molar-refractivity contribution is 9.10. The fourth-order valence-corrected chi connectivity index (χ4v) is 4.06. The van der Waals surface area contributed by atoms with Gasteiger partial charge in [-0.1, -0.05) is 35.9 Å². The second-order valence-corrected chi connectivity index (χ2v) is 8.49. The lowest BCUT2D eigenvalue weighted by atomic mass is 10.1. The molecule has 1 heterocycles. The molecule has 0 bridgehead atoms. The zero-order chi connectivity index (χ0) is 22.5. The Bertz CT molecular complexity index is 1080. The average molecular weight is 537 g/mol. The van der Waals surface area contributed by atoms with Gasteiger partial charge in [0, 0.05) is 13.1 Å². The van der Waals surface area contributed by atoms with Gasteiger partial charge in [-0.2, -0.15) is 0 Å². The monoisotopic (exact) mass is 535 g/mol. The third-order valence-corrected chi connectivity index (χ3v) is 5.82. The van der Waals surface area contributed by atoms with E-state index in [1.165, 1.54) is 11.1 Å². The minimum absolute atomic E-state index is 0. The van der Waals surface area contributed by atoms with Gasteiger partial charge < -0.3 is 29.4 Å². The van der Waals surface area contributed by atoms with Gasteiger partial charge in [-0.25, -0.2) is 0 Å². The molecule has 0 amide bonds. The van der Waals surface area contributed by atoms with Crippen LogP contribution >= 0.6 is 28.3 Å². The van der Waals surface area contributed by atoms with Crippen LogP contribution in [0.25, 0.3) is 0 Å². The highest BCUT2D eigenvalue weighted by atomic mass is 79.9. The van der Waals surface area contributed by atoms with Crippen LogP contribution in [0.2, 0.25) is 0 Å². The molecule has 0 aromatic heterocycles. The number of nitrogens with one attached hydrogen (secondary N) is 1. The molecule has 3 aromatic rings. The topological polar surface area (TPSA) is 69.2 Å². The van der Waals surface area contributed by atoms with Gasteiger partial charge in [0.2, 0.25) is 6.79 Å². The molecule has 0 saturated carbocycles. The van der Waals surface area contributed by atoms with Crippen molar-refractivity contribution in [3.8, 4) is 23.0 Å². The maximum absolute atomic E-state index is 10.6. The number of methoxy groups -OCH3 is 1. The van der Waals surface area contributed by atoms with Gasteiger partial charge in [-0.05, 0) is 63.8 Å². The zero-order valence-corrected chi connectivity index (χ0v) is 20.9. The standard InChI is InChI=1S/C25H26BrNO5.ClH/c1-16-3-5-17(6-4-16)12-27-13-18-9-20(26)25(24(10-18)29-2)30-14-21(28)19-7-8-22-23(11-19)32-15-31-22;/h3-11,21,27-28H,12-15H2,1-2H3;1H. The minimum Gasteiger partial charge on any atom is -0.493 e. The molecule has 33 heavy (non-hydrogen) atoms. The number of rotatable bonds is 9. The Kier molecular flexibility index (Phi) is 8.86. The van der Waals surface area contributed by atoms with Crippen molar-refractivity contribution in [1.29, 1.82) is 0 Å². The van der Waals surface area contributed by atoms with Crippen molar-refractivity contribution in [2.24, 2.45) is 0 Å². The maximum Gasteiger partial charge on any atom is 0.231 e. The number of ether oxygens (including phenoxy) is 4. The van der Waals surface area contributed by atoms with Gasteiger partial charge in [0.15, 0.2) is 23.0 Å². The molecule has 1 unspecified atom stereocenters. The number of aliphatic hydroxyl groups excluding tert-OH is 1. The van der Waals surface area contributed by atoms with E-state index in [0.717, 1.165) is 16.6 Å². The summed E-state index contributed by atoms with van der Waals surface area (Å²) in [5.74, 6) is 2.46. The third kappa shape index (κ3) is 6.32. The quantitative estimate of drug-likeness (QED) is 0.386. The van der Waals surface area contributed by atoms with E-state index >= 15 is 0 Å². The van der Waals surface area contributed by atoms with Crippen LogP contribution in [-0.4, -0.2) is 25.6 Å². The number of aryl methyl sites for hydroxylation is 1. The van der Waals surface area contributed by atoms with Crippen LogP contribution in [0.1, 0.15) is 28.4 Å². The Morgan fingerprint density at radius 1 is 1.00 bits per heavy atom. The number of halogens is 2. The first kappa shape index (κ1) is 25.2. The van der Waals surface area contributed by atoms with Crippen LogP contribution in [0.5, 0.6) is 23.0 Å². The van der Waals surface area contributed by atoms with E-state index < -0.39 is 6.10 Å². The smallest absolute Gasteiger partial charge is 0.231 e. The van der Waals surface area contributed by atoms with Crippen molar-refractivity contribution in [3.63, 3.8) is 0 Å². The normalized spacial score (nSPS) is 12.7. The van der Waals surface area contributed by atoms with Crippen molar-refractivity contribution >= 4 is 28.3 Å². The first-order valence-corrected chi connectivity index (χ1v) is 11.2. The summed E-state index contributed by atoms with van der Waals surface area (Å²) in [6, 6.07) is 17.8. The average Bonchev–Trinajstić information content (AvgIpc) is 3.27. The lowest BCUT2D eigenvalue weighted by Gasteiger charge is -2.17. The molecular weight excluding hydrogens is 510 g/mol. The number of fused-ring (bicyclic) bond motifs is 1. The first-order chi connectivity index (χ1) is 15.5. The van der Waals surface area contributed by atoms with Gasteiger partial charge in [-0.3, -0.25) is 0 Å². The predicted octanol–water partition coefficient (Wildman–Crippen LogP) is 5.32. The summed E-state index contributed by atoms with van der Waals surface area (Å²) in [5.41, 5.74) is 4.24. The number of aliphatic hydroxyl groups is 1. The van der Waals surface area contributed by atoms with Crippen molar-refractivity contribution in [2.75, 3.05) is 20.5 Å². The van der Waals surface area contributed by atoms with E-state index in [-0.39, 0.29) is 25.8 Å². The summed E-state index contributed by atoms with van der Waals surface area (Å²) in [7, 11) is 1.60. The molecule has 0 fully saturated rings. The van der Waals surface area contributed by atoms with Crippen molar-refractivity contribution in [2.45, 2.75) is 26.1 Å². The van der Waals surface area contributed by atoms with Crippen molar-refractivity contribution in [1.82, 2.24) is 5.32 Å². The molecule has 1 aliphatic rings. The molecule has 0 aliphatic carbocycles. The first-order valence-electron chi connectivity index (χ1n) is 10.4. The summed E-state index contributed by atoms with van der Waals surface area (Å²) in [5, 5.41) is 14.0. The Hall–Kier alpha value is -2.45. The molecule has 0 saturated heterocycles. The molecular formula is C25H27BrClNO5. The molecule has 0 radical (unpaired) electrons. The molecule has 4 rings (SSSR count). The minimum atomic E-state index is -0.822. The predicted molar refractivity (Wildman–Crippen MR) is 133 cm³/mol. The number of benzene rings is 3. The van der Waals surface area contributed by atoms with E-state index in [1.54, 1.807) is 25.3 Å². The summed E-state index contributed by atoms with van der Waals surface area (Å²) >= 11 is 3.58. The molecule has 3 aromatic carbocycles. The molecule has 6 nitrogen and oxygen atoms in total. The Morgan fingerprint density at radius 2 is 1.73 bits per heavy atom. The maximum atomic E-state index is 10.6. The molecule has 1 aliphatic heterocycles. The molecule has 176 valence electrons. The molecule has 2 N–H and O–H groups in total. The molecule has 1 atom stereocenters. The number of hydrogen-bond acceptors (Lipinski definition) is 6. The van der Waals surface area contributed by atoms with Crippen molar-refractivity contribution in [3.05, 3.63) is 81.3 Å². The number of hydrogen-bond donors (Lipinski definition) is 2. The van der Waals surface area contributed by atoms with Gasteiger partial charge in [-0.15, -0.1) is 12.4 Å². The highest BCUT2D eigenvalue weighted by Gasteiger charge is 2.19. The van der Waals surface area contributed by atoms with Crippen LogP contribution in [-0.2, 0) is 13.1 Å². The summed E-state index contributed by atoms with van der Waals surface area (Å²) in [4.78, 5) is 0. The SMILES string of the molecule is COc1cc(CNCc2ccc(C)cc2)cc(Br)c1OCC(O)c1ccc2c(c1)OCO2.Cl. The van der Waals surface area contributed by atoms with Crippen LogP contribution < -0.4 is 24.3 Å². The second kappa shape index (κ2) is 11.6. The third-order valence-electron chi connectivity index (χ3n) is 5.24. The largest absolute Gasteiger partial charge is 0.493 e. The van der Waals surface area contributed by atoms with E-state index in [2.05, 4.69) is 52.4 Å². The van der Waals surface area contributed by atoms with E-state index in [1.807, 2.05) is 12.1 Å². The van der Waals surface area contributed by atoms with Crippen molar-refractivity contribution < 1.29 is 24.1 Å². The summed E-state index contributed by atoms with van der Waals surface area (Å²) < 4.78 is 22.9. The van der Waals surface area contributed by atoms with Gasteiger partial charge >= 0.3 is 0 Å². The second-order valence-electron chi connectivity index (χ2n) is 7.64. The fraction of sp³-hybridized carbons (Fsp3) is 0.280. The zero-order valence-electron chi connectivity index (χ0n) is 18.5. The van der Waals surface area contributed by atoms with Crippen LogP contribution in [0.15, 0.2) is 59.1 Å². The Labute approximate surface area is 208 Å². The van der Waals surface area contributed by atoms with E-state index in [0.29, 0.717) is 35.1 Å². The van der Waals surface area contributed by atoms with E-state index in [9.17, 15) is 5.11 Å². The van der Waals surface area contributed by atoms with Gasteiger partial charge in [0.25, 0.3) is 0 Å². The molecule has 0 spiro atoms. The lowest BCUT2D eigenvalue weighted by molar-refractivity contribution is 0.105. The Morgan fingerprint density at radius 3 is 2.48 bits per heavy atom. The van der Waals surface area contributed by atoms with Gasteiger partial charge in [0.1, 0.15) is 12.7 Å². The van der Waals surface area contributed by atoms with Crippen LogP contribution in [0.4, 0.5) is 0 Å². The highest BCUT2D eigenvalue weighted by Crippen LogP contribution is 2.38. The summed E-state index contributed by atoms with van der Waals surface area (Å²) in [6.45, 7) is 3.81. The lowest BCUT2D eigenvalue weighted by Crippen LogP contribution is -2.13.